The van der Waals surface area contributed by atoms with Gasteiger partial charge in [-0.15, -0.1) is 0 Å². The number of anilines is 2. The lowest BCUT2D eigenvalue weighted by Gasteiger charge is -2.31. The summed E-state index contributed by atoms with van der Waals surface area (Å²) in [4.78, 5) is 18.6. The van der Waals surface area contributed by atoms with Crippen molar-refractivity contribution in [1.29, 1.82) is 0 Å². The molecule has 0 saturated carbocycles. The highest BCUT2D eigenvalue weighted by molar-refractivity contribution is 7.92. The molecule has 7 heteroatoms. The Morgan fingerprint density at radius 3 is 2.08 bits per heavy atom. The van der Waals surface area contributed by atoms with Crippen LogP contribution in [0.15, 0.2) is 77.0 Å². The maximum Gasteiger partial charge on any atom is 0.251 e. The van der Waals surface area contributed by atoms with E-state index in [0.717, 1.165) is 0 Å². The van der Waals surface area contributed by atoms with Crippen LogP contribution in [0.1, 0.15) is 0 Å². The van der Waals surface area contributed by atoms with Gasteiger partial charge in [-0.2, -0.15) is 0 Å². The van der Waals surface area contributed by atoms with E-state index in [1.807, 2.05) is 0 Å². The molecule has 0 unspecified atom stereocenters. The molecule has 0 fully saturated rings. The van der Waals surface area contributed by atoms with E-state index in [9.17, 15) is 13.2 Å². The molecular formula is C17H13N3O3S. The van der Waals surface area contributed by atoms with E-state index in [0.29, 0.717) is 11.4 Å². The Morgan fingerprint density at radius 1 is 0.958 bits per heavy atom. The van der Waals surface area contributed by atoms with Crippen LogP contribution >= 0.6 is 0 Å². The van der Waals surface area contributed by atoms with E-state index in [1.165, 1.54) is 17.0 Å². The van der Waals surface area contributed by atoms with Gasteiger partial charge in [-0.3, -0.25) is 9.69 Å². The maximum absolute atomic E-state index is 12.9. The van der Waals surface area contributed by atoms with Crippen molar-refractivity contribution in [3.8, 4) is 0 Å². The smallest absolute Gasteiger partial charge is 0.251 e. The zero-order valence-corrected chi connectivity index (χ0v) is 13.3. The Morgan fingerprint density at radius 2 is 1.54 bits per heavy atom. The normalized spacial score (nSPS) is 14.8. The zero-order valence-electron chi connectivity index (χ0n) is 12.5. The molecule has 1 aliphatic rings. The molecule has 0 spiro atoms. The lowest BCUT2D eigenvalue weighted by atomic mass is 10.2. The van der Waals surface area contributed by atoms with Crippen LogP contribution in [0.4, 0.5) is 11.4 Å². The van der Waals surface area contributed by atoms with Crippen molar-refractivity contribution in [2.24, 2.45) is 0 Å². The molecule has 1 aliphatic heterocycles. The molecule has 3 aromatic rings. The minimum atomic E-state index is -3.64. The summed E-state index contributed by atoms with van der Waals surface area (Å²) >= 11 is 0. The number of carbonyl (C=O) groups is 1. The molecule has 24 heavy (non-hydrogen) atoms. The van der Waals surface area contributed by atoms with Crippen LogP contribution in [0, 0.1) is 0 Å². The van der Waals surface area contributed by atoms with E-state index in [4.69, 9.17) is 0 Å². The molecule has 0 atom stereocenters. The first-order valence-electron chi connectivity index (χ1n) is 7.31. The van der Waals surface area contributed by atoms with Crippen LogP contribution in [0.5, 0.6) is 0 Å². The van der Waals surface area contributed by atoms with Crippen molar-refractivity contribution in [2.45, 2.75) is 16.3 Å². The topological polar surface area (TPSA) is 72.3 Å². The lowest BCUT2D eigenvalue weighted by molar-refractivity contribution is -0.118. The van der Waals surface area contributed by atoms with Crippen molar-refractivity contribution >= 4 is 27.1 Å². The minimum Gasteiger partial charge on any atom is -0.328 e. The molecule has 120 valence electrons. The maximum atomic E-state index is 12.9. The fourth-order valence-electron chi connectivity index (χ4n) is 2.86. The summed E-state index contributed by atoms with van der Waals surface area (Å²) in [7, 11) is -3.64. The van der Waals surface area contributed by atoms with Crippen LogP contribution in [0.3, 0.4) is 0 Å². The fraction of sp³-hybridized carbons (Fsp3) is 0.0588. The van der Waals surface area contributed by atoms with Gasteiger partial charge in [0.2, 0.25) is 9.84 Å². The summed E-state index contributed by atoms with van der Waals surface area (Å²) in [5.74, 6) is -0.234. The van der Waals surface area contributed by atoms with Crippen molar-refractivity contribution in [2.75, 3.05) is 4.90 Å². The first-order valence-corrected chi connectivity index (χ1v) is 8.79. The first-order chi connectivity index (χ1) is 11.6. The van der Waals surface area contributed by atoms with Crippen LogP contribution < -0.4 is 4.90 Å². The van der Waals surface area contributed by atoms with Gasteiger partial charge in [0.05, 0.1) is 27.5 Å². The molecule has 2 aromatic carbocycles. The minimum absolute atomic E-state index is 0.0721. The SMILES string of the molecule is O=C(Cn1ccnc1)N1c2ccccc2S(=O)(=O)c2ccccc21. The predicted octanol–water partition coefficient (Wildman–Crippen LogP) is 2.39. The second-order valence-corrected chi connectivity index (χ2v) is 7.29. The number of amides is 1. The average molecular weight is 339 g/mol. The molecule has 1 aromatic heterocycles. The number of imidazole rings is 1. The van der Waals surface area contributed by atoms with Crippen LogP contribution in [-0.4, -0.2) is 23.9 Å². The second-order valence-electron chi connectivity index (χ2n) is 5.40. The summed E-state index contributed by atoms with van der Waals surface area (Å²) in [5, 5.41) is 0. The number of para-hydroxylation sites is 2. The van der Waals surface area contributed by atoms with Gasteiger partial charge in [-0.1, -0.05) is 24.3 Å². The molecule has 6 nitrogen and oxygen atoms in total. The number of hydrogen-bond acceptors (Lipinski definition) is 4. The van der Waals surface area contributed by atoms with Gasteiger partial charge < -0.3 is 4.57 Å². The van der Waals surface area contributed by atoms with Crippen LogP contribution in [0.2, 0.25) is 0 Å². The standard InChI is InChI=1S/C17H13N3O3S/c21-17(11-19-10-9-18-12-19)20-13-5-1-3-7-15(13)24(22,23)16-8-4-2-6-14(16)20/h1-10,12H,11H2. The Kier molecular flexibility index (Phi) is 3.24. The average Bonchev–Trinajstić information content (AvgIpc) is 3.08. The number of aromatic nitrogens is 2. The monoisotopic (exact) mass is 339 g/mol. The Hall–Kier alpha value is -2.93. The molecule has 4 rings (SSSR count). The summed E-state index contributed by atoms with van der Waals surface area (Å²) in [5.41, 5.74) is 0.752. The van der Waals surface area contributed by atoms with Crippen molar-refractivity contribution in [3.63, 3.8) is 0 Å². The number of benzene rings is 2. The van der Waals surface area contributed by atoms with E-state index < -0.39 is 9.84 Å². The summed E-state index contributed by atoms with van der Waals surface area (Å²) in [6.07, 6.45) is 4.84. The molecule has 2 heterocycles. The number of carbonyl (C=O) groups excluding carboxylic acids is 1. The first kappa shape index (κ1) is 14.6. The van der Waals surface area contributed by atoms with Crippen LogP contribution in [0.25, 0.3) is 0 Å². The second kappa shape index (κ2) is 5.31. The summed E-state index contributed by atoms with van der Waals surface area (Å²) in [6, 6.07) is 13.1. The van der Waals surface area contributed by atoms with Crippen molar-refractivity contribution in [1.82, 2.24) is 9.55 Å². The van der Waals surface area contributed by atoms with Crippen molar-refractivity contribution < 1.29 is 13.2 Å². The fourth-order valence-corrected chi connectivity index (χ4v) is 4.48. The highest BCUT2D eigenvalue weighted by atomic mass is 32.2. The third kappa shape index (κ3) is 2.13. The molecule has 0 radical (unpaired) electrons. The number of rotatable bonds is 2. The summed E-state index contributed by atoms with van der Waals surface area (Å²) in [6.45, 7) is 0.0721. The lowest BCUT2D eigenvalue weighted by Crippen LogP contribution is -2.34. The third-order valence-electron chi connectivity index (χ3n) is 3.92. The van der Waals surface area contributed by atoms with E-state index >= 15 is 0 Å². The molecule has 0 saturated heterocycles. The third-order valence-corrected chi connectivity index (χ3v) is 5.77. The molecule has 1 amide bonds. The van der Waals surface area contributed by atoms with Gasteiger partial charge in [-0.25, -0.2) is 13.4 Å². The van der Waals surface area contributed by atoms with Gasteiger partial charge in [0.1, 0.15) is 6.54 Å². The van der Waals surface area contributed by atoms with Crippen LogP contribution in [-0.2, 0) is 21.2 Å². The van der Waals surface area contributed by atoms with Gasteiger partial charge in [-0.05, 0) is 24.3 Å². The van der Waals surface area contributed by atoms with Crippen molar-refractivity contribution in [3.05, 3.63) is 67.3 Å². The molecular weight excluding hydrogens is 326 g/mol. The Balaban J connectivity index is 1.90. The zero-order chi connectivity index (χ0) is 16.7. The molecule has 0 N–H and O–H groups in total. The highest BCUT2D eigenvalue weighted by Gasteiger charge is 2.36. The quantitative estimate of drug-likeness (QED) is 0.719. The Labute approximate surface area is 138 Å². The number of hydrogen-bond donors (Lipinski definition) is 0. The van der Waals surface area contributed by atoms with E-state index in [1.54, 1.807) is 59.7 Å². The van der Waals surface area contributed by atoms with Gasteiger partial charge in [0.25, 0.3) is 5.91 Å². The highest BCUT2D eigenvalue weighted by Crippen LogP contribution is 2.43. The Bertz CT molecular complexity index is 973. The summed E-state index contributed by atoms with van der Waals surface area (Å²) < 4.78 is 27.3. The van der Waals surface area contributed by atoms with E-state index in [2.05, 4.69) is 4.98 Å². The van der Waals surface area contributed by atoms with Gasteiger partial charge in [0, 0.05) is 12.4 Å². The number of nitrogens with zero attached hydrogens (tertiary/aromatic N) is 3. The van der Waals surface area contributed by atoms with E-state index in [-0.39, 0.29) is 22.2 Å². The van der Waals surface area contributed by atoms with Gasteiger partial charge in [0.15, 0.2) is 0 Å². The molecule has 0 bridgehead atoms. The van der Waals surface area contributed by atoms with Gasteiger partial charge >= 0.3 is 0 Å². The molecule has 0 aliphatic carbocycles. The number of fused-ring (bicyclic) bond motifs is 2. The largest absolute Gasteiger partial charge is 0.328 e. The number of sulfone groups is 1. The predicted molar refractivity (Wildman–Crippen MR) is 87.7 cm³/mol.